The van der Waals surface area contributed by atoms with Gasteiger partial charge in [-0.2, -0.15) is 10.4 Å². The fourth-order valence-corrected chi connectivity index (χ4v) is 4.12. The summed E-state index contributed by atoms with van der Waals surface area (Å²) in [5, 5.41) is 27.7. The SMILES string of the molecule is Cc1nn(-c2ccc3ccccc3c2)c2c1[C@@H](c1ccc([N+](=O)[O-])cc1)C(C#N)=C(N)O2. The first-order chi connectivity index (χ1) is 15.5. The second-order valence-electron chi connectivity index (χ2n) is 7.52. The Bertz CT molecular complexity index is 1460. The maximum Gasteiger partial charge on any atom is 0.269 e. The van der Waals surface area contributed by atoms with Crippen LogP contribution in [0.2, 0.25) is 0 Å². The van der Waals surface area contributed by atoms with Crippen molar-refractivity contribution in [3.8, 4) is 17.6 Å². The van der Waals surface area contributed by atoms with E-state index in [2.05, 4.69) is 11.2 Å². The predicted octanol–water partition coefficient (Wildman–Crippen LogP) is 4.46. The Hall–Kier alpha value is -4.64. The second kappa shape index (κ2) is 7.25. The van der Waals surface area contributed by atoms with Gasteiger partial charge in [0.2, 0.25) is 11.8 Å². The number of aryl methyl sites for hydroxylation is 1. The van der Waals surface area contributed by atoms with Crippen molar-refractivity contribution in [2.24, 2.45) is 5.73 Å². The molecule has 32 heavy (non-hydrogen) atoms. The number of hydrogen-bond donors (Lipinski definition) is 1. The molecular weight excluding hydrogens is 406 g/mol. The van der Waals surface area contributed by atoms with Crippen LogP contribution in [-0.2, 0) is 0 Å². The molecule has 0 fully saturated rings. The summed E-state index contributed by atoms with van der Waals surface area (Å²) in [7, 11) is 0. The number of nitro groups is 1. The van der Waals surface area contributed by atoms with Crippen molar-refractivity contribution in [1.29, 1.82) is 5.26 Å². The van der Waals surface area contributed by atoms with Crippen LogP contribution in [0.5, 0.6) is 5.88 Å². The highest BCUT2D eigenvalue weighted by atomic mass is 16.6. The maximum absolute atomic E-state index is 11.1. The van der Waals surface area contributed by atoms with Gasteiger partial charge in [0.25, 0.3) is 5.69 Å². The summed E-state index contributed by atoms with van der Waals surface area (Å²) in [5.74, 6) is -0.123. The largest absolute Gasteiger partial charge is 0.422 e. The maximum atomic E-state index is 11.1. The van der Waals surface area contributed by atoms with Crippen LogP contribution >= 0.6 is 0 Å². The summed E-state index contributed by atoms with van der Waals surface area (Å²) < 4.78 is 7.57. The van der Waals surface area contributed by atoms with Gasteiger partial charge in [-0.3, -0.25) is 10.1 Å². The Morgan fingerprint density at radius 2 is 1.84 bits per heavy atom. The molecule has 0 saturated carbocycles. The Morgan fingerprint density at radius 3 is 2.53 bits per heavy atom. The monoisotopic (exact) mass is 423 g/mol. The third-order valence-corrected chi connectivity index (χ3v) is 5.65. The van der Waals surface area contributed by atoms with Crippen molar-refractivity contribution in [2.75, 3.05) is 0 Å². The van der Waals surface area contributed by atoms with E-state index in [0.717, 1.165) is 16.5 Å². The number of ether oxygens (including phenoxy) is 1. The first kappa shape index (κ1) is 19.3. The van der Waals surface area contributed by atoms with Crippen LogP contribution in [0.25, 0.3) is 16.5 Å². The Kier molecular flexibility index (Phi) is 4.38. The van der Waals surface area contributed by atoms with Gasteiger partial charge in [0.15, 0.2) is 0 Å². The van der Waals surface area contributed by atoms with Gasteiger partial charge in [0.05, 0.1) is 27.8 Å². The van der Waals surface area contributed by atoms with Gasteiger partial charge in [-0.05, 0) is 35.4 Å². The molecule has 1 aliphatic rings. The number of nitrogens with two attached hydrogens (primary N) is 1. The van der Waals surface area contributed by atoms with Crippen LogP contribution < -0.4 is 10.5 Å². The summed E-state index contributed by atoms with van der Waals surface area (Å²) in [6, 6.07) is 22.2. The van der Waals surface area contributed by atoms with Gasteiger partial charge in [0, 0.05) is 12.1 Å². The molecule has 8 nitrogen and oxygen atoms in total. The van der Waals surface area contributed by atoms with Gasteiger partial charge in [-0.1, -0.05) is 42.5 Å². The molecule has 2 N–H and O–H groups in total. The third kappa shape index (κ3) is 2.96. The normalized spacial score (nSPS) is 15.2. The summed E-state index contributed by atoms with van der Waals surface area (Å²) in [5.41, 5.74) is 9.23. The lowest BCUT2D eigenvalue weighted by atomic mass is 9.84. The number of non-ortho nitro benzene ring substituents is 1. The van der Waals surface area contributed by atoms with Gasteiger partial charge in [-0.15, -0.1) is 0 Å². The highest BCUT2D eigenvalue weighted by molar-refractivity contribution is 5.84. The molecule has 1 atom stereocenters. The summed E-state index contributed by atoms with van der Waals surface area (Å²) >= 11 is 0. The first-order valence-corrected chi connectivity index (χ1v) is 9.88. The number of hydrogen-bond acceptors (Lipinski definition) is 6. The van der Waals surface area contributed by atoms with Crippen LogP contribution in [0.1, 0.15) is 22.7 Å². The molecule has 0 unspecified atom stereocenters. The molecule has 0 spiro atoms. The zero-order chi connectivity index (χ0) is 22.4. The highest BCUT2D eigenvalue weighted by Crippen LogP contribution is 2.45. The van der Waals surface area contributed by atoms with Gasteiger partial charge in [-0.25, -0.2) is 4.68 Å². The predicted molar refractivity (Wildman–Crippen MR) is 118 cm³/mol. The summed E-state index contributed by atoms with van der Waals surface area (Å²) in [6.07, 6.45) is 0. The van der Waals surface area contributed by atoms with Crippen molar-refractivity contribution in [3.05, 3.63) is 105 Å². The minimum Gasteiger partial charge on any atom is -0.422 e. The van der Waals surface area contributed by atoms with Crippen LogP contribution in [0, 0.1) is 28.4 Å². The lowest BCUT2D eigenvalue weighted by Gasteiger charge is -2.24. The molecule has 0 saturated heterocycles. The topological polar surface area (TPSA) is 120 Å². The molecule has 2 heterocycles. The van der Waals surface area contributed by atoms with Crippen LogP contribution in [-0.4, -0.2) is 14.7 Å². The number of fused-ring (bicyclic) bond motifs is 2. The lowest BCUT2D eigenvalue weighted by molar-refractivity contribution is -0.384. The van der Waals surface area contributed by atoms with Crippen molar-refractivity contribution in [2.45, 2.75) is 12.8 Å². The van der Waals surface area contributed by atoms with E-state index in [1.807, 2.05) is 49.4 Å². The van der Waals surface area contributed by atoms with Crippen LogP contribution in [0.15, 0.2) is 78.2 Å². The number of allylic oxidation sites excluding steroid dienone is 1. The highest BCUT2D eigenvalue weighted by Gasteiger charge is 2.36. The number of rotatable bonds is 3. The molecule has 0 bridgehead atoms. The van der Waals surface area contributed by atoms with E-state index in [-0.39, 0.29) is 17.1 Å². The molecule has 4 aromatic rings. The zero-order valence-electron chi connectivity index (χ0n) is 17.0. The standard InChI is InChI=1S/C24H17N5O3/c1-14-21-22(16-7-9-18(10-8-16)29(30)31)20(13-25)23(26)32-24(21)28(27-14)19-11-6-15-4-2-3-5-17(15)12-19/h2-12,22H,26H2,1H3/t22-/m0/s1. The van der Waals surface area contributed by atoms with Crippen LogP contribution in [0.3, 0.4) is 0 Å². The van der Waals surface area contributed by atoms with E-state index in [1.54, 1.807) is 16.8 Å². The smallest absolute Gasteiger partial charge is 0.269 e. The third-order valence-electron chi connectivity index (χ3n) is 5.65. The number of nitriles is 1. The fraction of sp³-hybridized carbons (Fsp3) is 0.0833. The van der Waals surface area contributed by atoms with Crippen LogP contribution in [0.4, 0.5) is 5.69 Å². The molecule has 0 amide bonds. The quantitative estimate of drug-likeness (QED) is 0.384. The second-order valence-corrected chi connectivity index (χ2v) is 7.52. The average molecular weight is 423 g/mol. The van der Waals surface area contributed by atoms with E-state index in [9.17, 15) is 15.4 Å². The van der Waals surface area contributed by atoms with Gasteiger partial charge >= 0.3 is 0 Å². The molecule has 156 valence electrons. The number of nitrogens with zero attached hydrogens (tertiary/aromatic N) is 4. The summed E-state index contributed by atoms with van der Waals surface area (Å²) in [4.78, 5) is 10.6. The Labute approximate surface area is 182 Å². The molecule has 1 aliphatic heterocycles. The van der Waals surface area contributed by atoms with E-state index in [4.69, 9.17) is 10.5 Å². The van der Waals surface area contributed by atoms with E-state index in [0.29, 0.717) is 22.7 Å². The molecule has 8 heteroatoms. The minimum absolute atomic E-state index is 0.00899. The molecule has 5 rings (SSSR count). The van der Waals surface area contributed by atoms with E-state index >= 15 is 0 Å². The summed E-state index contributed by atoms with van der Waals surface area (Å²) in [6.45, 7) is 1.84. The zero-order valence-corrected chi connectivity index (χ0v) is 17.0. The van der Waals surface area contributed by atoms with Crippen molar-refractivity contribution in [1.82, 2.24) is 9.78 Å². The van der Waals surface area contributed by atoms with E-state index < -0.39 is 10.8 Å². The van der Waals surface area contributed by atoms with E-state index in [1.165, 1.54) is 12.1 Å². The number of benzene rings is 3. The lowest BCUT2D eigenvalue weighted by Crippen LogP contribution is -2.22. The number of aromatic nitrogens is 2. The minimum atomic E-state index is -0.543. The Balaban J connectivity index is 1.69. The van der Waals surface area contributed by atoms with Gasteiger partial charge < -0.3 is 10.5 Å². The molecular formula is C24H17N5O3. The molecule has 0 aliphatic carbocycles. The van der Waals surface area contributed by atoms with Crippen molar-refractivity contribution in [3.63, 3.8) is 0 Å². The average Bonchev–Trinajstić information content (AvgIpc) is 3.13. The number of nitro benzene ring substituents is 1. The first-order valence-electron chi connectivity index (χ1n) is 9.88. The Morgan fingerprint density at radius 1 is 1.12 bits per heavy atom. The fourth-order valence-electron chi connectivity index (χ4n) is 4.12. The van der Waals surface area contributed by atoms with Crippen molar-refractivity contribution >= 4 is 16.5 Å². The van der Waals surface area contributed by atoms with Gasteiger partial charge in [0.1, 0.15) is 11.6 Å². The molecule has 1 aromatic heterocycles. The van der Waals surface area contributed by atoms with Crippen molar-refractivity contribution < 1.29 is 9.66 Å². The molecule has 3 aromatic carbocycles. The molecule has 0 radical (unpaired) electrons.